The summed E-state index contributed by atoms with van der Waals surface area (Å²) >= 11 is 6.85. The average Bonchev–Trinajstić information content (AvgIpc) is 2.52. The molecule has 0 aliphatic carbocycles. The highest BCUT2D eigenvalue weighted by atomic mass is 79.9. The number of esters is 1. The van der Waals surface area contributed by atoms with Crippen LogP contribution in [0.15, 0.2) is 57.5 Å². The van der Waals surface area contributed by atoms with Crippen molar-refractivity contribution in [2.45, 2.75) is 25.7 Å². The van der Waals surface area contributed by atoms with Crippen LogP contribution < -0.4 is 0 Å². The van der Waals surface area contributed by atoms with Gasteiger partial charge < -0.3 is 4.74 Å². The van der Waals surface area contributed by atoms with Gasteiger partial charge in [-0.1, -0.05) is 69.5 Å². The maximum absolute atomic E-state index is 12.5. The fourth-order valence-corrected chi connectivity index (χ4v) is 2.70. The average molecular weight is 426 g/mol. The molecule has 0 amide bonds. The van der Waals surface area contributed by atoms with E-state index in [1.165, 1.54) is 0 Å². The summed E-state index contributed by atoms with van der Waals surface area (Å²) in [5.41, 5.74) is 1.87. The van der Waals surface area contributed by atoms with Crippen molar-refractivity contribution >= 4 is 37.8 Å². The minimum atomic E-state index is -0.391. The predicted molar refractivity (Wildman–Crippen MR) is 96.0 cm³/mol. The third-order valence-corrected chi connectivity index (χ3v) is 4.44. The number of carbonyl (C=O) groups is 1. The van der Waals surface area contributed by atoms with Crippen molar-refractivity contribution in [3.63, 3.8) is 0 Å². The van der Waals surface area contributed by atoms with Crippen LogP contribution in [0, 0.1) is 0 Å². The summed E-state index contributed by atoms with van der Waals surface area (Å²) in [6.07, 6.45) is 1.90. The topological polar surface area (TPSA) is 26.3 Å². The Morgan fingerprint density at radius 1 is 0.955 bits per heavy atom. The first-order valence-electron chi connectivity index (χ1n) is 7.29. The number of unbranched alkanes of at least 4 members (excludes halogenated alkanes) is 1. The highest BCUT2D eigenvalue weighted by molar-refractivity contribution is 9.10. The molecule has 4 heteroatoms. The number of benzene rings is 2. The van der Waals surface area contributed by atoms with E-state index in [-0.39, 0.29) is 5.97 Å². The van der Waals surface area contributed by atoms with Crippen LogP contribution in [0.2, 0.25) is 0 Å². The highest BCUT2D eigenvalue weighted by Crippen LogP contribution is 2.28. The molecule has 0 aliphatic rings. The van der Waals surface area contributed by atoms with Crippen LogP contribution in [-0.2, 0) is 9.53 Å². The summed E-state index contributed by atoms with van der Waals surface area (Å²) in [6.45, 7) is 2.55. The summed E-state index contributed by atoms with van der Waals surface area (Å²) in [5.74, 6) is -0.587. The Balaban J connectivity index is 2.29. The van der Waals surface area contributed by atoms with E-state index in [1.807, 2.05) is 48.5 Å². The van der Waals surface area contributed by atoms with Gasteiger partial charge >= 0.3 is 5.97 Å². The van der Waals surface area contributed by atoms with Crippen molar-refractivity contribution in [1.29, 1.82) is 0 Å². The Bertz CT molecular complexity index is 560. The van der Waals surface area contributed by atoms with Crippen molar-refractivity contribution in [3.8, 4) is 0 Å². The molecule has 2 aromatic rings. The first kappa shape index (κ1) is 17.2. The lowest BCUT2D eigenvalue weighted by molar-refractivity contribution is -0.144. The molecule has 2 rings (SSSR count). The largest absolute Gasteiger partial charge is 0.465 e. The molecular weight excluding hydrogens is 408 g/mol. The lowest BCUT2D eigenvalue weighted by atomic mass is 9.91. The van der Waals surface area contributed by atoms with E-state index in [9.17, 15) is 4.79 Å². The summed E-state index contributed by atoms with van der Waals surface area (Å²) in [4.78, 5) is 12.5. The van der Waals surface area contributed by atoms with Crippen LogP contribution >= 0.6 is 31.9 Å². The molecule has 0 saturated carbocycles. The number of rotatable bonds is 6. The maximum atomic E-state index is 12.5. The summed E-state index contributed by atoms with van der Waals surface area (Å²) in [5, 5.41) is 0. The normalized spacial score (nSPS) is 10.7. The summed E-state index contributed by atoms with van der Waals surface area (Å²) in [7, 11) is 0. The molecule has 0 fully saturated rings. The van der Waals surface area contributed by atoms with E-state index in [0.717, 1.165) is 32.9 Å². The van der Waals surface area contributed by atoms with E-state index in [1.54, 1.807) is 0 Å². The fraction of sp³-hybridized carbons (Fsp3) is 0.278. The van der Waals surface area contributed by atoms with Gasteiger partial charge in [0.05, 0.1) is 6.61 Å². The van der Waals surface area contributed by atoms with Gasteiger partial charge in [0, 0.05) is 8.95 Å². The Hall–Kier alpha value is -1.13. The van der Waals surface area contributed by atoms with Crippen LogP contribution in [0.25, 0.3) is 0 Å². The van der Waals surface area contributed by atoms with Gasteiger partial charge in [-0.25, -0.2) is 0 Å². The standard InChI is InChI=1S/C18H18Br2O2/c1-2-3-12-22-18(21)17(13-4-8-15(19)9-5-13)14-6-10-16(20)11-7-14/h4-11,17H,2-3,12H2,1H3. The second-order valence-electron chi connectivity index (χ2n) is 5.06. The second kappa shape index (κ2) is 8.49. The molecule has 0 spiro atoms. The number of carbonyl (C=O) groups excluding carboxylic acids is 1. The van der Waals surface area contributed by atoms with Crippen molar-refractivity contribution < 1.29 is 9.53 Å². The minimum Gasteiger partial charge on any atom is -0.465 e. The van der Waals surface area contributed by atoms with Crippen LogP contribution in [0.3, 0.4) is 0 Å². The third kappa shape index (κ3) is 4.68. The smallest absolute Gasteiger partial charge is 0.317 e. The van der Waals surface area contributed by atoms with Gasteiger partial charge in [0.15, 0.2) is 0 Å². The maximum Gasteiger partial charge on any atom is 0.317 e. The Morgan fingerprint density at radius 2 is 1.41 bits per heavy atom. The summed E-state index contributed by atoms with van der Waals surface area (Å²) in [6, 6.07) is 15.6. The van der Waals surface area contributed by atoms with Crippen LogP contribution in [0.5, 0.6) is 0 Å². The zero-order valence-corrected chi connectivity index (χ0v) is 15.6. The number of hydrogen-bond acceptors (Lipinski definition) is 2. The molecule has 0 aromatic heterocycles. The molecule has 2 aromatic carbocycles. The molecule has 0 unspecified atom stereocenters. The van der Waals surface area contributed by atoms with E-state index in [0.29, 0.717) is 6.61 Å². The quantitative estimate of drug-likeness (QED) is 0.439. The van der Waals surface area contributed by atoms with Gasteiger partial charge in [-0.3, -0.25) is 4.79 Å². The van der Waals surface area contributed by atoms with Gasteiger partial charge in [-0.2, -0.15) is 0 Å². The van der Waals surface area contributed by atoms with E-state index in [2.05, 4.69) is 38.8 Å². The monoisotopic (exact) mass is 424 g/mol. The van der Waals surface area contributed by atoms with Crippen LogP contribution in [-0.4, -0.2) is 12.6 Å². The first-order chi connectivity index (χ1) is 10.6. The van der Waals surface area contributed by atoms with Crippen molar-refractivity contribution in [2.24, 2.45) is 0 Å². The van der Waals surface area contributed by atoms with Crippen molar-refractivity contribution in [2.75, 3.05) is 6.61 Å². The molecule has 0 heterocycles. The van der Waals surface area contributed by atoms with E-state index >= 15 is 0 Å². The van der Waals surface area contributed by atoms with Crippen molar-refractivity contribution in [1.82, 2.24) is 0 Å². The zero-order chi connectivity index (χ0) is 15.9. The van der Waals surface area contributed by atoms with E-state index in [4.69, 9.17) is 4.74 Å². The van der Waals surface area contributed by atoms with Crippen LogP contribution in [0.1, 0.15) is 36.8 Å². The first-order valence-corrected chi connectivity index (χ1v) is 8.88. The molecule has 0 radical (unpaired) electrons. The Morgan fingerprint density at radius 3 is 1.82 bits per heavy atom. The third-order valence-electron chi connectivity index (χ3n) is 3.38. The lowest BCUT2D eigenvalue weighted by Gasteiger charge is -2.17. The fourth-order valence-electron chi connectivity index (χ4n) is 2.18. The Kier molecular flexibility index (Phi) is 6.65. The van der Waals surface area contributed by atoms with Gasteiger partial charge in [-0.15, -0.1) is 0 Å². The van der Waals surface area contributed by atoms with Gasteiger partial charge in [0.25, 0.3) is 0 Å². The van der Waals surface area contributed by atoms with Gasteiger partial charge in [0.2, 0.25) is 0 Å². The van der Waals surface area contributed by atoms with Gasteiger partial charge in [0.1, 0.15) is 5.92 Å². The lowest BCUT2D eigenvalue weighted by Crippen LogP contribution is -2.18. The molecule has 0 saturated heterocycles. The summed E-state index contributed by atoms with van der Waals surface area (Å²) < 4.78 is 7.43. The molecule has 116 valence electrons. The van der Waals surface area contributed by atoms with Crippen LogP contribution in [0.4, 0.5) is 0 Å². The molecule has 0 bridgehead atoms. The molecular formula is C18H18Br2O2. The Labute approximate surface area is 148 Å². The highest BCUT2D eigenvalue weighted by Gasteiger charge is 2.24. The van der Waals surface area contributed by atoms with Gasteiger partial charge in [-0.05, 0) is 41.8 Å². The number of halogens is 2. The van der Waals surface area contributed by atoms with E-state index < -0.39 is 5.92 Å². The molecule has 0 atom stereocenters. The molecule has 0 aliphatic heterocycles. The molecule has 0 N–H and O–H groups in total. The number of ether oxygens (including phenoxy) is 1. The molecule has 22 heavy (non-hydrogen) atoms. The molecule has 2 nitrogen and oxygen atoms in total. The predicted octanol–water partition coefficient (Wildman–Crippen LogP) is 5.69. The zero-order valence-electron chi connectivity index (χ0n) is 12.4. The minimum absolute atomic E-state index is 0.196. The SMILES string of the molecule is CCCCOC(=O)C(c1ccc(Br)cc1)c1ccc(Br)cc1. The van der Waals surface area contributed by atoms with Crippen molar-refractivity contribution in [3.05, 3.63) is 68.6 Å². The second-order valence-corrected chi connectivity index (χ2v) is 6.89. The number of hydrogen-bond donors (Lipinski definition) is 0.